The number of hydrogen-bond acceptors (Lipinski definition) is 4. The van der Waals surface area contributed by atoms with Gasteiger partial charge in [-0.05, 0) is 32.9 Å². The van der Waals surface area contributed by atoms with E-state index in [1.165, 1.54) is 13.0 Å². The quantitative estimate of drug-likeness (QED) is 0.641. The number of amides is 1. The van der Waals surface area contributed by atoms with Gasteiger partial charge in [-0.3, -0.25) is 4.79 Å². The summed E-state index contributed by atoms with van der Waals surface area (Å²) in [6.45, 7) is 5.57. The maximum atomic E-state index is 11.9. The minimum Gasteiger partial charge on any atom is -0.492 e. The van der Waals surface area contributed by atoms with Crippen molar-refractivity contribution in [1.29, 1.82) is 0 Å². The molecule has 1 N–H and O–H groups in total. The third-order valence-corrected chi connectivity index (χ3v) is 2.41. The van der Waals surface area contributed by atoms with E-state index in [0.29, 0.717) is 18.0 Å². The number of hydrogen-bond donors (Lipinski definition) is 1. The van der Waals surface area contributed by atoms with Gasteiger partial charge in [0.25, 0.3) is 5.91 Å². The Balaban J connectivity index is 2.68. The average Bonchev–Trinajstić information content (AvgIpc) is 2.41. The Kier molecular flexibility index (Phi) is 6.29. The molecule has 1 rings (SSSR count). The molecule has 1 amide bonds. The van der Waals surface area contributed by atoms with Crippen molar-refractivity contribution in [2.45, 2.75) is 26.9 Å². The molecule has 5 nitrogen and oxygen atoms in total. The summed E-state index contributed by atoms with van der Waals surface area (Å²) in [5, 5.41) is 2.68. The highest BCUT2D eigenvalue weighted by Crippen LogP contribution is 2.23. The van der Waals surface area contributed by atoms with Crippen molar-refractivity contribution >= 4 is 17.6 Å². The van der Waals surface area contributed by atoms with E-state index in [-0.39, 0.29) is 0 Å². The number of anilines is 1. The fourth-order valence-corrected chi connectivity index (χ4v) is 1.49. The first-order valence-corrected chi connectivity index (χ1v) is 6.44. The molecule has 0 heterocycles. The van der Waals surface area contributed by atoms with Gasteiger partial charge in [-0.15, -0.1) is 0 Å². The standard InChI is InChI=1S/C15H19NO4/c1-4-8-14(17)20-11(3)15(18)16-12-9-6-7-10-13(12)19-5-2/h4,6-11H,5H2,1-3H3,(H,16,18)/b8-4+. The summed E-state index contributed by atoms with van der Waals surface area (Å²) >= 11 is 0. The molecule has 1 atom stereocenters. The molecule has 20 heavy (non-hydrogen) atoms. The summed E-state index contributed by atoms with van der Waals surface area (Å²) in [6.07, 6.45) is 1.93. The first-order chi connectivity index (χ1) is 9.58. The first kappa shape index (κ1) is 15.8. The van der Waals surface area contributed by atoms with Gasteiger partial charge in [-0.1, -0.05) is 18.2 Å². The van der Waals surface area contributed by atoms with E-state index in [0.717, 1.165) is 0 Å². The lowest BCUT2D eigenvalue weighted by Gasteiger charge is -2.14. The molecule has 0 saturated heterocycles. The van der Waals surface area contributed by atoms with Gasteiger partial charge < -0.3 is 14.8 Å². The molecule has 1 aromatic carbocycles. The second kappa shape index (κ2) is 7.99. The van der Waals surface area contributed by atoms with Crippen LogP contribution in [0.3, 0.4) is 0 Å². The summed E-state index contributed by atoms with van der Waals surface area (Å²) in [6, 6.07) is 7.09. The molecule has 0 saturated carbocycles. The second-order valence-electron chi connectivity index (χ2n) is 4.00. The number of carbonyl (C=O) groups excluding carboxylic acids is 2. The normalized spacial score (nSPS) is 11.9. The SMILES string of the molecule is C/C=C/C(=O)OC(C)C(=O)Nc1ccccc1OCC. The number of para-hydroxylation sites is 2. The van der Waals surface area contributed by atoms with Gasteiger partial charge in [0.15, 0.2) is 6.10 Å². The summed E-state index contributed by atoms with van der Waals surface area (Å²) in [4.78, 5) is 23.2. The molecule has 0 radical (unpaired) electrons. The first-order valence-electron chi connectivity index (χ1n) is 6.44. The fraction of sp³-hybridized carbons (Fsp3) is 0.333. The number of benzene rings is 1. The van der Waals surface area contributed by atoms with Crippen LogP contribution in [0.5, 0.6) is 5.75 Å². The van der Waals surface area contributed by atoms with Crippen molar-refractivity contribution in [2.75, 3.05) is 11.9 Å². The van der Waals surface area contributed by atoms with E-state index >= 15 is 0 Å². The molecule has 0 spiro atoms. The minimum atomic E-state index is -0.881. The largest absolute Gasteiger partial charge is 0.492 e. The lowest BCUT2D eigenvalue weighted by molar-refractivity contribution is -0.148. The zero-order valence-electron chi connectivity index (χ0n) is 11.9. The summed E-state index contributed by atoms with van der Waals surface area (Å²) in [5.74, 6) is -0.376. The Morgan fingerprint density at radius 1 is 1.35 bits per heavy atom. The van der Waals surface area contributed by atoms with Crippen molar-refractivity contribution in [3.63, 3.8) is 0 Å². The van der Waals surface area contributed by atoms with Gasteiger partial charge in [0.1, 0.15) is 5.75 Å². The molecule has 108 valence electrons. The zero-order chi connectivity index (χ0) is 15.0. The molecular formula is C15H19NO4. The predicted octanol–water partition coefficient (Wildman–Crippen LogP) is 2.53. The van der Waals surface area contributed by atoms with Crippen molar-refractivity contribution in [2.24, 2.45) is 0 Å². The van der Waals surface area contributed by atoms with Gasteiger partial charge >= 0.3 is 5.97 Å². The number of esters is 1. The fourth-order valence-electron chi connectivity index (χ4n) is 1.49. The maximum absolute atomic E-state index is 11.9. The third-order valence-electron chi connectivity index (χ3n) is 2.41. The van der Waals surface area contributed by atoms with Crippen molar-refractivity contribution in [1.82, 2.24) is 0 Å². The van der Waals surface area contributed by atoms with E-state index in [4.69, 9.17) is 9.47 Å². The molecule has 1 unspecified atom stereocenters. The zero-order valence-corrected chi connectivity index (χ0v) is 11.9. The number of nitrogens with one attached hydrogen (secondary N) is 1. The van der Waals surface area contributed by atoms with Crippen LogP contribution < -0.4 is 10.1 Å². The van der Waals surface area contributed by atoms with E-state index < -0.39 is 18.0 Å². The highest BCUT2D eigenvalue weighted by Gasteiger charge is 2.17. The summed E-state index contributed by atoms with van der Waals surface area (Å²) in [7, 11) is 0. The Bertz CT molecular complexity index is 496. The van der Waals surface area contributed by atoms with E-state index in [1.54, 1.807) is 31.2 Å². The molecule has 0 aliphatic rings. The van der Waals surface area contributed by atoms with Crippen LogP contribution in [-0.4, -0.2) is 24.6 Å². The maximum Gasteiger partial charge on any atom is 0.331 e. The van der Waals surface area contributed by atoms with Crippen molar-refractivity contribution in [3.8, 4) is 5.75 Å². The molecule has 0 aliphatic carbocycles. The molecule has 0 fully saturated rings. The summed E-state index contributed by atoms with van der Waals surface area (Å²) < 4.78 is 10.3. The van der Waals surface area contributed by atoms with Crippen LogP contribution in [0, 0.1) is 0 Å². The smallest absolute Gasteiger partial charge is 0.331 e. The Hall–Kier alpha value is -2.30. The topological polar surface area (TPSA) is 64.6 Å². The molecule has 1 aromatic rings. The van der Waals surface area contributed by atoms with E-state index in [1.807, 2.05) is 13.0 Å². The van der Waals surface area contributed by atoms with Crippen molar-refractivity contribution < 1.29 is 19.1 Å². The van der Waals surface area contributed by atoms with E-state index in [2.05, 4.69) is 5.32 Å². The van der Waals surface area contributed by atoms with Crippen LogP contribution in [0.1, 0.15) is 20.8 Å². The summed E-state index contributed by atoms with van der Waals surface area (Å²) in [5.41, 5.74) is 0.549. The number of ether oxygens (including phenoxy) is 2. The van der Waals surface area contributed by atoms with Gasteiger partial charge in [0.2, 0.25) is 0 Å². The highest BCUT2D eigenvalue weighted by molar-refractivity contribution is 5.97. The van der Waals surface area contributed by atoms with E-state index in [9.17, 15) is 9.59 Å². The second-order valence-corrected chi connectivity index (χ2v) is 4.00. The molecule has 0 aliphatic heterocycles. The monoisotopic (exact) mass is 277 g/mol. The minimum absolute atomic E-state index is 0.407. The van der Waals surface area contributed by atoms with Crippen LogP contribution in [0.15, 0.2) is 36.4 Å². The van der Waals surface area contributed by atoms with Gasteiger partial charge in [0, 0.05) is 6.08 Å². The third kappa shape index (κ3) is 4.76. The lowest BCUT2D eigenvalue weighted by atomic mass is 10.2. The number of carbonyl (C=O) groups is 2. The highest BCUT2D eigenvalue weighted by atomic mass is 16.5. The van der Waals surface area contributed by atoms with Crippen LogP contribution in [-0.2, 0) is 14.3 Å². The Morgan fingerprint density at radius 3 is 2.70 bits per heavy atom. The van der Waals surface area contributed by atoms with Gasteiger partial charge in [0.05, 0.1) is 12.3 Å². The predicted molar refractivity (Wildman–Crippen MR) is 76.6 cm³/mol. The molecule has 5 heteroatoms. The molecule has 0 aromatic heterocycles. The number of allylic oxidation sites excluding steroid dienone is 1. The molecule has 0 bridgehead atoms. The van der Waals surface area contributed by atoms with Gasteiger partial charge in [-0.2, -0.15) is 0 Å². The van der Waals surface area contributed by atoms with Gasteiger partial charge in [-0.25, -0.2) is 4.79 Å². The Morgan fingerprint density at radius 2 is 2.05 bits per heavy atom. The van der Waals surface area contributed by atoms with Crippen LogP contribution in [0.25, 0.3) is 0 Å². The Labute approximate surface area is 118 Å². The van der Waals surface area contributed by atoms with Crippen LogP contribution in [0.4, 0.5) is 5.69 Å². The van der Waals surface area contributed by atoms with Crippen LogP contribution in [0.2, 0.25) is 0 Å². The van der Waals surface area contributed by atoms with Crippen molar-refractivity contribution in [3.05, 3.63) is 36.4 Å². The number of rotatable bonds is 6. The lowest BCUT2D eigenvalue weighted by Crippen LogP contribution is -2.29. The average molecular weight is 277 g/mol. The molecular weight excluding hydrogens is 258 g/mol. The van der Waals surface area contributed by atoms with Crippen LogP contribution >= 0.6 is 0 Å².